The third-order valence-corrected chi connectivity index (χ3v) is 3.21. The summed E-state index contributed by atoms with van der Waals surface area (Å²) in [6, 6.07) is 12.9. The molecule has 2 aromatic carbocycles. The van der Waals surface area contributed by atoms with Crippen LogP contribution in [0.1, 0.15) is 21.5 Å². The average molecular weight is 268 g/mol. The maximum atomic E-state index is 12.9. The zero-order valence-electron chi connectivity index (χ0n) is 10.8. The van der Waals surface area contributed by atoms with Gasteiger partial charge in [0.1, 0.15) is 11.7 Å². The standard InChI is InChI=1S/C16H13FN2O/c17-12-7-5-11(6-8-12)15(20)13-3-1-2-4-14(13)16-18-9-10-19-16/h1-8H,9-10H2,(H,18,19). The number of aliphatic imine (C=N–C) groups is 1. The molecule has 0 spiro atoms. The van der Waals surface area contributed by atoms with Gasteiger partial charge < -0.3 is 5.32 Å². The average Bonchev–Trinajstić information content (AvgIpc) is 3.01. The minimum Gasteiger partial charge on any atom is -0.368 e. The van der Waals surface area contributed by atoms with E-state index in [1.807, 2.05) is 18.2 Å². The van der Waals surface area contributed by atoms with Crippen LogP contribution in [0.2, 0.25) is 0 Å². The number of nitrogens with zero attached hydrogens (tertiary/aromatic N) is 1. The maximum absolute atomic E-state index is 12.9. The van der Waals surface area contributed by atoms with Gasteiger partial charge >= 0.3 is 0 Å². The summed E-state index contributed by atoms with van der Waals surface area (Å²) in [5.74, 6) is 0.268. The van der Waals surface area contributed by atoms with Crippen LogP contribution in [0.4, 0.5) is 4.39 Å². The lowest BCUT2D eigenvalue weighted by Gasteiger charge is -2.09. The summed E-state index contributed by atoms with van der Waals surface area (Å²) in [5.41, 5.74) is 1.84. The third-order valence-electron chi connectivity index (χ3n) is 3.21. The largest absolute Gasteiger partial charge is 0.368 e. The molecule has 0 radical (unpaired) electrons. The first-order chi connectivity index (χ1) is 9.75. The van der Waals surface area contributed by atoms with E-state index in [0.717, 1.165) is 17.9 Å². The van der Waals surface area contributed by atoms with Crippen molar-refractivity contribution in [2.45, 2.75) is 0 Å². The molecule has 0 aliphatic carbocycles. The molecule has 0 amide bonds. The van der Waals surface area contributed by atoms with Gasteiger partial charge in [-0.05, 0) is 24.3 Å². The molecule has 0 unspecified atom stereocenters. The summed E-state index contributed by atoms with van der Waals surface area (Å²) in [6.45, 7) is 1.50. The lowest BCUT2D eigenvalue weighted by atomic mass is 9.98. The first-order valence-corrected chi connectivity index (χ1v) is 6.44. The van der Waals surface area contributed by atoms with Crippen molar-refractivity contribution in [1.29, 1.82) is 0 Å². The van der Waals surface area contributed by atoms with E-state index in [1.54, 1.807) is 6.07 Å². The summed E-state index contributed by atoms with van der Waals surface area (Å²) < 4.78 is 12.9. The topological polar surface area (TPSA) is 41.5 Å². The van der Waals surface area contributed by atoms with Crippen LogP contribution in [0, 0.1) is 5.82 Å². The summed E-state index contributed by atoms with van der Waals surface area (Å²) in [4.78, 5) is 16.9. The number of carbonyl (C=O) groups is 1. The first kappa shape index (κ1) is 12.5. The highest BCUT2D eigenvalue weighted by Gasteiger charge is 2.18. The molecule has 2 aromatic rings. The second-order valence-corrected chi connectivity index (χ2v) is 4.54. The molecule has 0 bridgehead atoms. The molecule has 1 heterocycles. The van der Waals surface area contributed by atoms with E-state index in [1.165, 1.54) is 24.3 Å². The van der Waals surface area contributed by atoms with Gasteiger partial charge in [-0.1, -0.05) is 24.3 Å². The molecular weight excluding hydrogens is 255 g/mol. The number of nitrogens with one attached hydrogen (secondary N) is 1. The van der Waals surface area contributed by atoms with Crippen molar-refractivity contribution in [3.63, 3.8) is 0 Å². The van der Waals surface area contributed by atoms with E-state index < -0.39 is 0 Å². The molecule has 4 heteroatoms. The normalized spacial score (nSPS) is 13.8. The molecule has 0 fully saturated rings. The third kappa shape index (κ3) is 2.32. The van der Waals surface area contributed by atoms with E-state index in [2.05, 4.69) is 10.3 Å². The predicted molar refractivity (Wildman–Crippen MR) is 75.7 cm³/mol. The Bertz CT molecular complexity index is 677. The molecule has 0 saturated heterocycles. The van der Waals surface area contributed by atoms with Gasteiger partial charge in [-0.3, -0.25) is 9.79 Å². The highest BCUT2D eigenvalue weighted by Crippen LogP contribution is 2.16. The fourth-order valence-corrected chi connectivity index (χ4v) is 2.22. The molecule has 20 heavy (non-hydrogen) atoms. The van der Waals surface area contributed by atoms with Crippen molar-refractivity contribution in [1.82, 2.24) is 5.32 Å². The Kier molecular flexibility index (Phi) is 3.29. The molecule has 3 nitrogen and oxygen atoms in total. The molecule has 3 rings (SSSR count). The number of rotatable bonds is 3. The molecule has 100 valence electrons. The molecule has 1 aliphatic heterocycles. The number of carbonyl (C=O) groups excluding carboxylic acids is 1. The van der Waals surface area contributed by atoms with Crippen LogP contribution in [-0.4, -0.2) is 24.7 Å². The number of halogens is 1. The fourth-order valence-electron chi connectivity index (χ4n) is 2.22. The lowest BCUT2D eigenvalue weighted by molar-refractivity contribution is 0.103. The van der Waals surface area contributed by atoms with Gasteiger partial charge in [0.2, 0.25) is 0 Å². The van der Waals surface area contributed by atoms with Crippen LogP contribution >= 0.6 is 0 Å². The van der Waals surface area contributed by atoms with Gasteiger partial charge in [0.15, 0.2) is 5.78 Å². The second kappa shape index (κ2) is 5.25. The molecule has 0 saturated carbocycles. The SMILES string of the molecule is O=C(c1ccc(F)cc1)c1ccccc1C1=NCCN1. The number of ketones is 1. The second-order valence-electron chi connectivity index (χ2n) is 4.54. The minimum absolute atomic E-state index is 0.128. The molecular formula is C16H13FN2O. The zero-order valence-corrected chi connectivity index (χ0v) is 10.8. The van der Waals surface area contributed by atoms with Crippen LogP contribution in [0.3, 0.4) is 0 Å². The van der Waals surface area contributed by atoms with E-state index >= 15 is 0 Å². The predicted octanol–water partition coefficient (Wildman–Crippen LogP) is 2.41. The molecule has 1 aliphatic rings. The Morgan fingerprint density at radius 3 is 2.55 bits per heavy atom. The highest BCUT2D eigenvalue weighted by molar-refractivity contribution is 6.16. The monoisotopic (exact) mass is 268 g/mol. The van der Waals surface area contributed by atoms with E-state index in [0.29, 0.717) is 17.7 Å². The van der Waals surface area contributed by atoms with Gasteiger partial charge in [0.05, 0.1) is 6.54 Å². The summed E-state index contributed by atoms with van der Waals surface area (Å²) >= 11 is 0. The van der Waals surface area contributed by atoms with Gasteiger partial charge in [-0.15, -0.1) is 0 Å². The highest BCUT2D eigenvalue weighted by atomic mass is 19.1. The number of hydrogen-bond acceptors (Lipinski definition) is 3. The number of hydrogen-bond donors (Lipinski definition) is 1. The van der Waals surface area contributed by atoms with Crippen LogP contribution < -0.4 is 5.32 Å². The van der Waals surface area contributed by atoms with Gasteiger partial charge in [-0.2, -0.15) is 0 Å². The van der Waals surface area contributed by atoms with Crippen LogP contribution in [0.15, 0.2) is 53.5 Å². The smallest absolute Gasteiger partial charge is 0.193 e. The van der Waals surface area contributed by atoms with Crippen molar-refractivity contribution >= 4 is 11.6 Å². The van der Waals surface area contributed by atoms with Crippen molar-refractivity contribution in [3.05, 3.63) is 71.0 Å². The van der Waals surface area contributed by atoms with Crippen molar-refractivity contribution in [2.24, 2.45) is 4.99 Å². The molecule has 0 atom stereocenters. The Hall–Kier alpha value is -2.49. The fraction of sp³-hybridized carbons (Fsp3) is 0.125. The Morgan fingerprint density at radius 1 is 1.10 bits per heavy atom. The summed E-state index contributed by atoms with van der Waals surface area (Å²) in [7, 11) is 0. The van der Waals surface area contributed by atoms with Crippen molar-refractivity contribution in [2.75, 3.05) is 13.1 Å². The summed E-state index contributed by atoms with van der Waals surface area (Å²) in [6.07, 6.45) is 0. The minimum atomic E-state index is -0.350. The lowest BCUT2D eigenvalue weighted by Crippen LogP contribution is -2.22. The van der Waals surface area contributed by atoms with E-state index in [4.69, 9.17) is 0 Å². The van der Waals surface area contributed by atoms with Gasteiger partial charge in [0, 0.05) is 23.2 Å². The summed E-state index contributed by atoms with van der Waals surface area (Å²) in [5, 5.41) is 3.17. The maximum Gasteiger partial charge on any atom is 0.193 e. The van der Waals surface area contributed by atoms with Gasteiger partial charge in [0.25, 0.3) is 0 Å². The van der Waals surface area contributed by atoms with Crippen LogP contribution in [-0.2, 0) is 0 Å². The van der Waals surface area contributed by atoms with Crippen molar-refractivity contribution < 1.29 is 9.18 Å². The van der Waals surface area contributed by atoms with Crippen LogP contribution in [0.25, 0.3) is 0 Å². The Labute approximate surface area is 116 Å². The first-order valence-electron chi connectivity index (χ1n) is 6.44. The number of benzene rings is 2. The quantitative estimate of drug-likeness (QED) is 0.868. The van der Waals surface area contributed by atoms with Crippen LogP contribution in [0.5, 0.6) is 0 Å². The Morgan fingerprint density at radius 2 is 1.85 bits per heavy atom. The zero-order chi connectivity index (χ0) is 13.9. The molecule has 1 N–H and O–H groups in total. The Balaban J connectivity index is 2.01. The van der Waals surface area contributed by atoms with Gasteiger partial charge in [-0.25, -0.2) is 4.39 Å². The van der Waals surface area contributed by atoms with Crippen molar-refractivity contribution in [3.8, 4) is 0 Å². The molecule has 0 aromatic heterocycles. The number of amidine groups is 1. The van der Waals surface area contributed by atoms with E-state index in [9.17, 15) is 9.18 Å². The van der Waals surface area contributed by atoms with E-state index in [-0.39, 0.29) is 11.6 Å².